The summed E-state index contributed by atoms with van der Waals surface area (Å²) in [6, 6.07) is 12.2. The van der Waals surface area contributed by atoms with E-state index in [2.05, 4.69) is 31.1 Å². The lowest BCUT2D eigenvalue weighted by Crippen LogP contribution is -2.45. The van der Waals surface area contributed by atoms with E-state index < -0.39 is 0 Å². The second-order valence-electron chi connectivity index (χ2n) is 8.93. The lowest BCUT2D eigenvalue weighted by atomic mass is 10.0. The van der Waals surface area contributed by atoms with Crippen molar-refractivity contribution in [1.29, 1.82) is 0 Å². The number of benzene rings is 2. The van der Waals surface area contributed by atoms with Gasteiger partial charge in [-0.1, -0.05) is 13.0 Å². The minimum absolute atomic E-state index is 0.0891. The van der Waals surface area contributed by atoms with Crippen molar-refractivity contribution in [2.75, 3.05) is 53.3 Å². The maximum absolute atomic E-state index is 13.3. The number of nitrogens with zero attached hydrogens (tertiary/aromatic N) is 2. The van der Waals surface area contributed by atoms with Crippen LogP contribution in [0, 0.1) is 5.92 Å². The third-order valence-corrected chi connectivity index (χ3v) is 6.35. The summed E-state index contributed by atoms with van der Waals surface area (Å²) in [6.07, 6.45) is -0.0891. The molecule has 0 aliphatic carbocycles. The van der Waals surface area contributed by atoms with Gasteiger partial charge < -0.3 is 24.4 Å². The van der Waals surface area contributed by atoms with Crippen LogP contribution in [0.15, 0.2) is 42.5 Å². The molecular formula is C26H35N3O5. The SMILES string of the molecule is COc1cccc(C(=O)Nc2ccc3c(c2)OC[C@H](C)N(C)C[C@H](C)[C@H](OC)CN(C)C3=O)c1. The molecule has 8 nitrogen and oxygen atoms in total. The molecule has 1 aliphatic heterocycles. The summed E-state index contributed by atoms with van der Waals surface area (Å²) < 4.78 is 17.0. The largest absolute Gasteiger partial charge is 0.497 e. The molecule has 2 aromatic rings. The molecule has 1 aliphatic rings. The van der Waals surface area contributed by atoms with Gasteiger partial charge in [-0.3, -0.25) is 14.5 Å². The fraction of sp³-hybridized carbons (Fsp3) is 0.462. The molecule has 0 aromatic heterocycles. The molecular weight excluding hydrogens is 434 g/mol. The van der Waals surface area contributed by atoms with Crippen LogP contribution in [0.1, 0.15) is 34.6 Å². The van der Waals surface area contributed by atoms with E-state index in [4.69, 9.17) is 14.2 Å². The Labute approximate surface area is 201 Å². The lowest BCUT2D eigenvalue weighted by molar-refractivity contribution is 0.0150. The number of fused-ring (bicyclic) bond motifs is 1. The maximum atomic E-state index is 13.3. The highest BCUT2D eigenvalue weighted by Gasteiger charge is 2.27. The van der Waals surface area contributed by atoms with Crippen LogP contribution >= 0.6 is 0 Å². The Morgan fingerprint density at radius 1 is 1.09 bits per heavy atom. The molecule has 184 valence electrons. The number of rotatable bonds is 4. The molecule has 1 N–H and O–H groups in total. The molecule has 0 spiro atoms. The predicted octanol–water partition coefficient (Wildman–Crippen LogP) is 3.38. The minimum atomic E-state index is -0.277. The number of methoxy groups -OCH3 is 2. The number of anilines is 1. The van der Waals surface area contributed by atoms with Crippen molar-refractivity contribution in [1.82, 2.24) is 9.80 Å². The van der Waals surface area contributed by atoms with E-state index in [1.807, 2.05) is 0 Å². The van der Waals surface area contributed by atoms with Gasteiger partial charge in [0.15, 0.2) is 0 Å². The monoisotopic (exact) mass is 469 g/mol. The normalized spacial score (nSPS) is 22.1. The van der Waals surface area contributed by atoms with Crippen LogP contribution in [0.2, 0.25) is 0 Å². The van der Waals surface area contributed by atoms with Crippen molar-refractivity contribution in [2.24, 2.45) is 5.92 Å². The summed E-state index contributed by atoms with van der Waals surface area (Å²) in [5, 5.41) is 2.88. The molecule has 3 rings (SSSR count). The Kier molecular flexibility index (Phi) is 8.52. The zero-order valence-corrected chi connectivity index (χ0v) is 20.8. The lowest BCUT2D eigenvalue weighted by Gasteiger charge is -2.34. The Hall–Kier alpha value is -3.10. The average molecular weight is 470 g/mol. The quantitative estimate of drug-likeness (QED) is 0.740. The predicted molar refractivity (Wildman–Crippen MR) is 132 cm³/mol. The zero-order valence-electron chi connectivity index (χ0n) is 20.8. The summed E-state index contributed by atoms with van der Waals surface area (Å²) in [7, 11) is 7.06. The van der Waals surface area contributed by atoms with E-state index in [-0.39, 0.29) is 29.9 Å². The number of amides is 2. The van der Waals surface area contributed by atoms with E-state index in [1.165, 1.54) is 0 Å². The van der Waals surface area contributed by atoms with Crippen LogP contribution in [0.3, 0.4) is 0 Å². The Morgan fingerprint density at radius 2 is 1.85 bits per heavy atom. The van der Waals surface area contributed by atoms with Crippen molar-refractivity contribution in [3.63, 3.8) is 0 Å². The van der Waals surface area contributed by atoms with Gasteiger partial charge in [0.25, 0.3) is 11.8 Å². The first-order valence-electron chi connectivity index (χ1n) is 11.4. The maximum Gasteiger partial charge on any atom is 0.257 e. The van der Waals surface area contributed by atoms with Crippen molar-refractivity contribution < 1.29 is 23.8 Å². The molecule has 2 aromatic carbocycles. The molecule has 1 heterocycles. The van der Waals surface area contributed by atoms with Crippen LogP contribution in [0.4, 0.5) is 5.69 Å². The van der Waals surface area contributed by atoms with Gasteiger partial charge in [0.1, 0.15) is 18.1 Å². The van der Waals surface area contributed by atoms with E-state index in [0.29, 0.717) is 41.5 Å². The van der Waals surface area contributed by atoms with Gasteiger partial charge in [0.05, 0.1) is 18.8 Å². The first kappa shape index (κ1) is 25.5. The standard InChI is InChI=1S/C26H35N3O5/c1-17-14-28(3)18(2)16-34-23-13-20(27-25(30)19-8-7-9-21(12-19)32-5)10-11-22(23)26(31)29(4)15-24(17)33-6/h7-13,17-18,24H,14-16H2,1-6H3,(H,27,30)/t17-,18-,24+/m0/s1. The van der Waals surface area contributed by atoms with Gasteiger partial charge in [-0.25, -0.2) is 0 Å². The van der Waals surface area contributed by atoms with Gasteiger partial charge in [0.2, 0.25) is 0 Å². The number of likely N-dealkylation sites (N-methyl/N-ethyl adjacent to an activating group) is 2. The first-order valence-corrected chi connectivity index (χ1v) is 11.4. The van der Waals surface area contributed by atoms with Gasteiger partial charge in [-0.05, 0) is 50.2 Å². The first-order chi connectivity index (χ1) is 16.2. The van der Waals surface area contributed by atoms with Gasteiger partial charge in [-0.15, -0.1) is 0 Å². The van der Waals surface area contributed by atoms with E-state index in [1.54, 1.807) is 68.6 Å². The van der Waals surface area contributed by atoms with Gasteiger partial charge in [0, 0.05) is 50.6 Å². The highest BCUT2D eigenvalue weighted by molar-refractivity contribution is 6.05. The number of ether oxygens (including phenoxy) is 3. The average Bonchev–Trinajstić information content (AvgIpc) is 2.84. The fourth-order valence-electron chi connectivity index (χ4n) is 4.00. The molecule has 0 bridgehead atoms. The summed E-state index contributed by atoms with van der Waals surface area (Å²) in [6.45, 7) is 5.90. The second-order valence-corrected chi connectivity index (χ2v) is 8.93. The van der Waals surface area contributed by atoms with Crippen LogP contribution in [0.5, 0.6) is 11.5 Å². The third kappa shape index (κ3) is 6.07. The molecule has 3 atom stereocenters. The Morgan fingerprint density at radius 3 is 2.56 bits per heavy atom. The molecule has 0 unspecified atom stereocenters. The van der Waals surface area contributed by atoms with Crippen molar-refractivity contribution in [3.05, 3.63) is 53.6 Å². The molecule has 0 radical (unpaired) electrons. The molecule has 8 heteroatoms. The number of hydrogen-bond acceptors (Lipinski definition) is 6. The molecule has 34 heavy (non-hydrogen) atoms. The summed E-state index contributed by atoms with van der Waals surface area (Å²) in [4.78, 5) is 29.9. The second kappa shape index (κ2) is 11.4. The van der Waals surface area contributed by atoms with E-state index in [9.17, 15) is 9.59 Å². The van der Waals surface area contributed by atoms with Gasteiger partial charge in [-0.2, -0.15) is 0 Å². The molecule has 0 fully saturated rings. The van der Waals surface area contributed by atoms with Crippen LogP contribution in [-0.4, -0.2) is 81.8 Å². The number of carbonyl (C=O) groups excluding carboxylic acids is 2. The highest BCUT2D eigenvalue weighted by atomic mass is 16.5. The smallest absolute Gasteiger partial charge is 0.257 e. The minimum Gasteiger partial charge on any atom is -0.497 e. The number of hydrogen-bond donors (Lipinski definition) is 1. The van der Waals surface area contributed by atoms with Crippen molar-refractivity contribution in [3.8, 4) is 11.5 Å². The van der Waals surface area contributed by atoms with Crippen LogP contribution < -0.4 is 14.8 Å². The van der Waals surface area contributed by atoms with Crippen molar-refractivity contribution >= 4 is 17.5 Å². The van der Waals surface area contributed by atoms with Crippen LogP contribution in [-0.2, 0) is 4.74 Å². The Balaban J connectivity index is 1.89. The third-order valence-electron chi connectivity index (χ3n) is 6.35. The van der Waals surface area contributed by atoms with Crippen LogP contribution in [0.25, 0.3) is 0 Å². The Bertz CT molecular complexity index is 1010. The molecule has 2 amide bonds. The number of carbonyl (C=O) groups is 2. The van der Waals surface area contributed by atoms with Crippen molar-refractivity contribution in [2.45, 2.75) is 26.0 Å². The summed E-state index contributed by atoms with van der Waals surface area (Å²) in [5.74, 6) is 0.838. The fourth-order valence-corrected chi connectivity index (χ4v) is 4.00. The molecule has 0 saturated carbocycles. The summed E-state index contributed by atoms with van der Waals surface area (Å²) >= 11 is 0. The highest BCUT2D eigenvalue weighted by Crippen LogP contribution is 2.27. The van der Waals surface area contributed by atoms with E-state index >= 15 is 0 Å². The van der Waals surface area contributed by atoms with E-state index in [0.717, 1.165) is 6.54 Å². The number of nitrogens with one attached hydrogen (secondary N) is 1. The zero-order chi connectivity index (χ0) is 24.8. The molecule has 0 saturated heterocycles. The summed E-state index contributed by atoms with van der Waals surface area (Å²) in [5.41, 5.74) is 1.46. The van der Waals surface area contributed by atoms with Gasteiger partial charge >= 0.3 is 0 Å². The topological polar surface area (TPSA) is 80.3 Å².